The Bertz CT molecular complexity index is 602. The summed E-state index contributed by atoms with van der Waals surface area (Å²) in [7, 11) is 0. The average molecular weight is 282 g/mol. The third-order valence-corrected chi connectivity index (χ3v) is 4.32. The molecule has 1 N–H and O–H groups in total. The minimum absolute atomic E-state index is 0.581. The quantitative estimate of drug-likeness (QED) is 0.878. The Morgan fingerprint density at radius 1 is 1.14 bits per heavy atom. The summed E-state index contributed by atoms with van der Waals surface area (Å²) in [6.07, 6.45) is 3.20. The standard InChI is InChI=1S/C19H22O2/c1-2-21-16-10-6-9-15(13-16)19(20)18-12-4-3-11-17(18)14-7-5-8-14/h3-4,6,9-14,19-20H,2,5,7-8H2,1H3. The van der Waals surface area contributed by atoms with Crippen molar-refractivity contribution < 1.29 is 9.84 Å². The zero-order chi connectivity index (χ0) is 14.7. The highest BCUT2D eigenvalue weighted by Crippen LogP contribution is 2.40. The zero-order valence-electron chi connectivity index (χ0n) is 12.5. The van der Waals surface area contributed by atoms with E-state index in [0.29, 0.717) is 12.5 Å². The van der Waals surface area contributed by atoms with Crippen molar-refractivity contribution in [1.82, 2.24) is 0 Å². The van der Waals surface area contributed by atoms with Crippen LogP contribution in [0.5, 0.6) is 5.75 Å². The number of hydrogen-bond acceptors (Lipinski definition) is 2. The third kappa shape index (κ3) is 2.96. The van der Waals surface area contributed by atoms with Crippen molar-refractivity contribution in [3.8, 4) is 5.75 Å². The van der Waals surface area contributed by atoms with E-state index >= 15 is 0 Å². The van der Waals surface area contributed by atoms with Gasteiger partial charge in [-0.25, -0.2) is 0 Å². The average Bonchev–Trinajstić information content (AvgIpc) is 2.46. The first kappa shape index (κ1) is 14.2. The second kappa shape index (κ2) is 6.31. The molecule has 2 aromatic rings. The van der Waals surface area contributed by atoms with Crippen molar-refractivity contribution in [1.29, 1.82) is 0 Å². The van der Waals surface area contributed by atoms with E-state index in [1.54, 1.807) is 0 Å². The van der Waals surface area contributed by atoms with E-state index in [0.717, 1.165) is 16.9 Å². The maximum Gasteiger partial charge on any atom is 0.119 e. The van der Waals surface area contributed by atoms with Crippen LogP contribution in [0.4, 0.5) is 0 Å². The molecule has 0 bridgehead atoms. The Labute approximate surface area is 126 Å². The number of ether oxygens (including phenoxy) is 1. The lowest BCUT2D eigenvalue weighted by molar-refractivity contribution is 0.216. The molecular formula is C19H22O2. The molecule has 0 aliphatic heterocycles. The molecule has 1 aliphatic rings. The molecule has 1 aliphatic carbocycles. The summed E-state index contributed by atoms with van der Waals surface area (Å²) in [6.45, 7) is 2.60. The van der Waals surface area contributed by atoms with Crippen LogP contribution in [0.25, 0.3) is 0 Å². The van der Waals surface area contributed by atoms with Crippen molar-refractivity contribution in [3.05, 3.63) is 65.2 Å². The molecule has 0 spiro atoms. The number of benzene rings is 2. The molecule has 2 nitrogen and oxygen atoms in total. The Hall–Kier alpha value is -1.80. The first-order valence-corrected chi connectivity index (χ1v) is 7.79. The van der Waals surface area contributed by atoms with Crippen LogP contribution in [0.1, 0.15) is 54.9 Å². The van der Waals surface area contributed by atoms with Gasteiger partial charge in [0, 0.05) is 0 Å². The van der Waals surface area contributed by atoms with E-state index in [4.69, 9.17) is 4.74 Å². The van der Waals surface area contributed by atoms with Gasteiger partial charge in [0.2, 0.25) is 0 Å². The van der Waals surface area contributed by atoms with Crippen LogP contribution in [-0.2, 0) is 0 Å². The Morgan fingerprint density at radius 2 is 1.95 bits per heavy atom. The van der Waals surface area contributed by atoms with Gasteiger partial charge in [0.05, 0.1) is 6.61 Å². The minimum atomic E-state index is -0.581. The molecule has 2 heteroatoms. The Balaban J connectivity index is 1.91. The fraction of sp³-hybridized carbons (Fsp3) is 0.368. The van der Waals surface area contributed by atoms with Gasteiger partial charge in [-0.3, -0.25) is 0 Å². The van der Waals surface area contributed by atoms with E-state index < -0.39 is 6.10 Å². The van der Waals surface area contributed by atoms with Gasteiger partial charge < -0.3 is 9.84 Å². The predicted octanol–water partition coefficient (Wildman–Crippen LogP) is 4.43. The molecule has 1 unspecified atom stereocenters. The lowest BCUT2D eigenvalue weighted by Crippen LogP contribution is -2.13. The summed E-state index contributed by atoms with van der Waals surface area (Å²) >= 11 is 0. The number of rotatable bonds is 5. The van der Waals surface area contributed by atoms with Gasteiger partial charge in [0.25, 0.3) is 0 Å². The molecule has 0 radical (unpaired) electrons. The summed E-state index contributed by atoms with van der Waals surface area (Å²) in [5, 5.41) is 10.8. The molecule has 1 fully saturated rings. The monoisotopic (exact) mass is 282 g/mol. The second-order valence-electron chi connectivity index (χ2n) is 5.66. The molecule has 3 rings (SSSR count). The van der Waals surface area contributed by atoms with Crippen molar-refractivity contribution in [2.24, 2.45) is 0 Å². The molecule has 21 heavy (non-hydrogen) atoms. The predicted molar refractivity (Wildman–Crippen MR) is 84.7 cm³/mol. The molecule has 0 saturated heterocycles. The van der Waals surface area contributed by atoms with Gasteiger partial charge in [-0.2, -0.15) is 0 Å². The first-order chi connectivity index (χ1) is 10.3. The van der Waals surface area contributed by atoms with Crippen LogP contribution in [0.15, 0.2) is 48.5 Å². The van der Waals surface area contributed by atoms with Gasteiger partial charge in [-0.15, -0.1) is 0 Å². The van der Waals surface area contributed by atoms with Gasteiger partial charge in [-0.05, 0) is 54.5 Å². The highest BCUT2D eigenvalue weighted by molar-refractivity contribution is 5.40. The van der Waals surface area contributed by atoms with E-state index in [2.05, 4.69) is 12.1 Å². The molecule has 1 atom stereocenters. The highest BCUT2D eigenvalue weighted by atomic mass is 16.5. The number of hydrogen-bond donors (Lipinski definition) is 1. The van der Waals surface area contributed by atoms with E-state index in [1.807, 2.05) is 43.3 Å². The van der Waals surface area contributed by atoms with Crippen LogP contribution >= 0.6 is 0 Å². The SMILES string of the molecule is CCOc1cccc(C(O)c2ccccc2C2CCC2)c1. The summed E-state index contributed by atoms with van der Waals surface area (Å²) in [5.41, 5.74) is 3.24. The fourth-order valence-electron chi connectivity index (χ4n) is 2.97. The van der Waals surface area contributed by atoms with Gasteiger partial charge >= 0.3 is 0 Å². The lowest BCUT2D eigenvalue weighted by atomic mass is 9.77. The molecule has 0 heterocycles. The summed E-state index contributed by atoms with van der Waals surface area (Å²) in [6, 6.07) is 16.1. The van der Waals surface area contributed by atoms with E-state index in [9.17, 15) is 5.11 Å². The summed E-state index contributed by atoms with van der Waals surface area (Å²) < 4.78 is 5.53. The summed E-state index contributed by atoms with van der Waals surface area (Å²) in [4.78, 5) is 0. The van der Waals surface area contributed by atoms with E-state index in [1.165, 1.54) is 24.8 Å². The number of aliphatic hydroxyl groups is 1. The molecule has 110 valence electrons. The molecule has 2 aromatic carbocycles. The van der Waals surface area contributed by atoms with Gasteiger partial charge in [-0.1, -0.05) is 42.8 Å². The number of aliphatic hydroxyl groups excluding tert-OH is 1. The molecule has 1 saturated carbocycles. The molecule has 0 aromatic heterocycles. The van der Waals surface area contributed by atoms with Crippen molar-refractivity contribution in [3.63, 3.8) is 0 Å². The minimum Gasteiger partial charge on any atom is -0.494 e. The fourth-order valence-corrected chi connectivity index (χ4v) is 2.97. The van der Waals surface area contributed by atoms with Gasteiger partial charge in [0.1, 0.15) is 11.9 Å². The van der Waals surface area contributed by atoms with Crippen molar-refractivity contribution >= 4 is 0 Å². The van der Waals surface area contributed by atoms with Crippen LogP contribution < -0.4 is 4.74 Å². The first-order valence-electron chi connectivity index (χ1n) is 7.79. The largest absolute Gasteiger partial charge is 0.494 e. The highest BCUT2D eigenvalue weighted by Gasteiger charge is 2.24. The molecular weight excluding hydrogens is 260 g/mol. The Kier molecular flexibility index (Phi) is 4.26. The van der Waals surface area contributed by atoms with Crippen LogP contribution in [-0.4, -0.2) is 11.7 Å². The van der Waals surface area contributed by atoms with Crippen LogP contribution in [0.3, 0.4) is 0 Å². The van der Waals surface area contributed by atoms with E-state index in [-0.39, 0.29) is 0 Å². The maximum absolute atomic E-state index is 10.8. The van der Waals surface area contributed by atoms with Gasteiger partial charge in [0.15, 0.2) is 0 Å². The maximum atomic E-state index is 10.8. The topological polar surface area (TPSA) is 29.5 Å². The lowest BCUT2D eigenvalue weighted by Gasteiger charge is -2.29. The Morgan fingerprint density at radius 3 is 2.67 bits per heavy atom. The molecule has 0 amide bonds. The summed E-state index contributed by atoms with van der Waals surface area (Å²) in [5.74, 6) is 1.43. The van der Waals surface area contributed by atoms with Crippen molar-refractivity contribution in [2.75, 3.05) is 6.61 Å². The van der Waals surface area contributed by atoms with Crippen molar-refractivity contribution in [2.45, 2.75) is 38.2 Å². The van der Waals surface area contributed by atoms with Crippen LogP contribution in [0.2, 0.25) is 0 Å². The zero-order valence-corrected chi connectivity index (χ0v) is 12.5. The third-order valence-electron chi connectivity index (χ3n) is 4.32. The normalized spacial score (nSPS) is 16.3. The second-order valence-corrected chi connectivity index (χ2v) is 5.66. The van der Waals surface area contributed by atoms with Crippen LogP contribution in [0, 0.1) is 0 Å². The smallest absolute Gasteiger partial charge is 0.119 e.